The van der Waals surface area contributed by atoms with Crippen molar-refractivity contribution in [1.29, 1.82) is 0 Å². The second-order valence-electron chi connectivity index (χ2n) is 25.0. The molecule has 5 fully saturated rings. The Hall–Kier alpha value is -7.24. The second-order valence-corrected chi connectivity index (χ2v) is 26.7. The van der Waals surface area contributed by atoms with Crippen molar-refractivity contribution in [2.45, 2.75) is 132 Å². The van der Waals surface area contributed by atoms with Crippen LogP contribution < -0.4 is 38.8 Å². The standard InChI is InChI=1S/C63H76N10O11S/c1-39(2)83-55-8-6-5-7-45(55)54-37-70(49-18-30-82-57-46(49)16-24-65-61(57)80-4)27-28-71(54)43-34-63(35-43)21-25-69(26-22-63)42-9-11-47(51(32-42)72-50-17-29-81-38-56(50)84-60-53(72)31-41-15-23-64-58(41)67-60)59(74)68-85(78,79)44-10-12-48(52(33-44)73(76)77)66-36-40-13-19-62(3,75)20-14-40/h5-12,15-16,23-24,31-33,39-40,43,49-50,54,56,66,75H,13-14,17-22,25-30,34-38H2,1-4H3,(H,64,67)(H,68,74)/t40-,49-,50-,54+,56-,62-/m0/s1. The molecule has 1 amide bonds. The highest BCUT2D eigenvalue weighted by Crippen LogP contribution is 2.55. The Labute approximate surface area is 495 Å². The van der Waals surface area contributed by atoms with Gasteiger partial charge in [-0.2, -0.15) is 4.98 Å². The summed E-state index contributed by atoms with van der Waals surface area (Å²) in [5, 5.41) is 26.9. The summed E-state index contributed by atoms with van der Waals surface area (Å²) in [6.45, 7) is 12.0. The third-order valence-corrected chi connectivity index (χ3v) is 20.5. The van der Waals surface area contributed by atoms with Crippen molar-refractivity contribution in [1.82, 2.24) is 29.5 Å². The second kappa shape index (κ2) is 22.9. The molecule has 22 heteroatoms. The molecule has 2 aliphatic carbocycles. The van der Waals surface area contributed by atoms with Crippen molar-refractivity contribution < 1.29 is 46.9 Å². The van der Waals surface area contributed by atoms with Crippen LogP contribution in [0.4, 0.5) is 28.4 Å². The number of nitro groups is 1. The zero-order chi connectivity index (χ0) is 58.8. The molecule has 5 aliphatic heterocycles. The highest BCUT2D eigenvalue weighted by Gasteiger charge is 2.51. The molecule has 3 saturated heterocycles. The average Bonchev–Trinajstić information content (AvgIpc) is 2.10. The number of nitro benzene ring substituents is 1. The molecular formula is C63H76N10O11S. The van der Waals surface area contributed by atoms with E-state index < -0.39 is 43.1 Å². The van der Waals surface area contributed by atoms with Gasteiger partial charge in [-0.25, -0.2) is 18.1 Å². The van der Waals surface area contributed by atoms with Gasteiger partial charge in [-0.05, 0) is 144 Å². The molecule has 6 aromatic rings. The SMILES string of the molecule is COc1nccc2c1OCC[C@@H]2N1CCN(C2CC3(CCN(c4ccc(C(=O)NS(=O)(=O)c5ccc(NC[C@H]6CC[C@](C)(O)CC6)c([N+](=O)[O-])c5)c(N5c6cc7cc[nH]c7nc6O[C@H]6COCC[C@@H]65)c4)CC3)C2)[C@@H](c2ccccc2OC(C)C)C1. The van der Waals surface area contributed by atoms with Crippen molar-refractivity contribution in [2.75, 3.05) is 81.3 Å². The van der Waals surface area contributed by atoms with Crippen molar-refractivity contribution in [3.8, 4) is 23.3 Å². The number of nitrogens with one attached hydrogen (secondary N) is 3. The normalized spacial score (nSPS) is 25.2. The Morgan fingerprint density at radius 2 is 1.74 bits per heavy atom. The number of nitrogens with zero attached hydrogens (tertiary/aromatic N) is 7. The van der Waals surface area contributed by atoms with Gasteiger partial charge in [0, 0.05) is 105 Å². The van der Waals surface area contributed by atoms with E-state index in [4.69, 9.17) is 28.7 Å². The molecule has 21 nitrogen and oxygen atoms in total. The van der Waals surface area contributed by atoms with E-state index in [9.17, 15) is 28.4 Å². The molecule has 4 N–H and O–H groups in total. The molecule has 450 valence electrons. The minimum Gasteiger partial charge on any atom is -0.491 e. The number of sulfonamides is 1. The van der Waals surface area contributed by atoms with Crippen LogP contribution in [0.2, 0.25) is 0 Å². The quantitative estimate of drug-likeness (QED) is 0.0553. The molecule has 4 atom stereocenters. The van der Waals surface area contributed by atoms with Gasteiger partial charge in [0.2, 0.25) is 5.88 Å². The van der Waals surface area contributed by atoms with E-state index in [1.54, 1.807) is 13.2 Å². The number of fused-ring (bicyclic) bond motifs is 4. The zero-order valence-corrected chi connectivity index (χ0v) is 49.5. The maximum atomic E-state index is 14.9. The van der Waals surface area contributed by atoms with Gasteiger partial charge in [-0.1, -0.05) is 18.2 Å². The summed E-state index contributed by atoms with van der Waals surface area (Å²) < 4.78 is 61.8. The van der Waals surface area contributed by atoms with Gasteiger partial charge >= 0.3 is 0 Å². The number of carbonyl (C=O) groups is 1. The zero-order valence-electron chi connectivity index (χ0n) is 48.7. The molecule has 1 spiro atoms. The topological polar surface area (TPSA) is 239 Å². The van der Waals surface area contributed by atoms with Crippen molar-refractivity contribution in [3.63, 3.8) is 0 Å². The van der Waals surface area contributed by atoms with Gasteiger partial charge in [0.25, 0.3) is 27.5 Å². The molecule has 3 aromatic heterocycles. The van der Waals surface area contributed by atoms with Crippen LogP contribution in [0.1, 0.15) is 119 Å². The number of aromatic amines is 1. The summed E-state index contributed by atoms with van der Waals surface area (Å²) in [5.41, 5.74) is 4.23. The van der Waals surface area contributed by atoms with Crippen molar-refractivity contribution in [2.24, 2.45) is 11.3 Å². The van der Waals surface area contributed by atoms with E-state index in [-0.39, 0.29) is 53.4 Å². The summed E-state index contributed by atoms with van der Waals surface area (Å²) in [5.74, 6) is 1.83. The molecule has 2 saturated carbocycles. The van der Waals surface area contributed by atoms with Crippen LogP contribution in [0.15, 0.2) is 96.2 Å². The monoisotopic (exact) mass is 1180 g/mol. The number of pyridine rings is 2. The Balaban J connectivity index is 0.762. The van der Waals surface area contributed by atoms with E-state index >= 15 is 0 Å². The number of amides is 1. The van der Waals surface area contributed by atoms with Crippen molar-refractivity contribution in [3.05, 3.63) is 118 Å². The number of hydrogen-bond acceptors (Lipinski definition) is 18. The van der Waals surface area contributed by atoms with Gasteiger partial charge < -0.3 is 48.9 Å². The predicted octanol–water partition coefficient (Wildman–Crippen LogP) is 9.45. The third-order valence-electron chi connectivity index (χ3n) is 19.2. The van der Waals surface area contributed by atoms with Crippen LogP contribution >= 0.6 is 0 Å². The number of piperazine rings is 1. The van der Waals surface area contributed by atoms with Gasteiger partial charge in [-0.15, -0.1) is 0 Å². The molecular weight excluding hydrogens is 1100 g/mol. The lowest BCUT2D eigenvalue weighted by atomic mass is 9.59. The summed E-state index contributed by atoms with van der Waals surface area (Å²) in [4.78, 5) is 48.6. The minimum atomic E-state index is -4.65. The number of ether oxygens (including phenoxy) is 5. The number of para-hydroxylation sites is 1. The Morgan fingerprint density at radius 1 is 0.929 bits per heavy atom. The third kappa shape index (κ3) is 11.2. The molecule has 0 radical (unpaired) electrons. The molecule has 3 aromatic carbocycles. The minimum absolute atomic E-state index is 0.0224. The number of benzene rings is 3. The summed E-state index contributed by atoms with van der Waals surface area (Å²) in [6, 6.07) is 24.1. The first kappa shape index (κ1) is 56.9. The van der Waals surface area contributed by atoms with Crippen molar-refractivity contribution >= 4 is 55.4 Å². The van der Waals surface area contributed by atoms with E-state index in [2.05, 4.69) is 83.8 Å². The number of H-pyrrole nitrogens is 1. The van der Waals surface area contributed by atoms with Gasteiger partial charge in [0.05, 0.1) is 65.2 Å². The molecule has 0 bridgehead atoms. The Morgan fingerprint density at radius 3 is 2.53 bits per heavy atom. The fraction of sp³-hybridized carbons (Fsp3) is 0.508. The van der Waals surface area contributed by atoms with Gasteiger partial charge in [0.1, 0.15) is 28.9 Å². The lowest BCUT2D eigenvalue weighted by Gasteiger charge is -2.58. The summed E-state index contributed by atoms with van der Waals surface area (Å²) in [6.07, 6.45) is 11.5. The van der Waals surface area contributed by atoms with Crippen LogP contribution in [-0.2, 0) is 14.8 Å². The first-order valence-corrected chi connectivity index (χ1v) is 31.6. The van der Waals surface area contributed by atoms with Crippen LogP contribution in [0.5, 0.6) is 23.3 Å². The maximum Gasteiger partial charge on any atom is 0.293 e. The van der Waals surface area contributed by atoms with E-state index in [1.807, 2.05) is 43.6 Å². The van der Waals surface area contributed by atoms with Gasteiger partial charge in [0.15, 0.2) is 5.75 Å². The number of aromatic nitrogens is 3. The highest BCUT2D eigenvalue weighted by molar-refractivity contribution is 7.90. The average molecular weight is 1180 g/mol. The number of anilines is 4. The smallest absolute Gasteiger partial charge is 0.293 e. The first-order chi connectivity index (χ1) is 41.0. The van der Waals surface area contributed by atoms with Crippen LogP contribution in [0.3, 0.4) is 0 Å². The largest absolute Gasteiger partial charge is 0.491 e. The number of aliphatic hydroxyl groups is 1. The number of hydrogen-bond donors (Lipinski definition) is 4. The van der Waals surface area contributed by atoms with Crippen LogP contribution in [0.25, 0.3) is 11.0 Å². The number of carbonyl (C=O) groups excluding carboxylic acids is 1. The lowest BCUT2D eigenvalue weighted by molar-refractivity contribution is -0.384. The van der Waals surface area contributed by atoms with E-state index in [0.717, 1.165) is 112 Å². The van der Waals surface area contributed by atoms with E-state index in [0.29, 0.717) is 73.8 Å². The fourth-order valence-electron chi connectivity index (χ4n) is 14.6. The molecule has 8 heterocycles. The van der Waals surface area contributed by atoms with Crippen LogP contribution in [0, 0.1) is 21.4 Å². The summed E-state index contributed by atoms with van der Waals surface area (Å²) in [7, 11) is -3.02. The molecule has 85 heavy (non-hydrogen) atoms. The fourth-order valence-corrected chi connectivity index (χ4v) is 15.6. The molecule has 13 rings (SSSR count). The highest BCUT2D eigenvalue weighted by atomic mass is 32.2. The first-order valence-electron chi connectivity index (χ1n) is 30.2. The number of rotatable bonds is 15. The summed E-state index contributed by atoms with van der Waals surface area (Å²) >= 11 is 0. The lowest BCUT2D eigenvalue weighted by Crippen LogP contribution is -2.60. The molecule has 7 aliphatic rings. The van der Waals surface area contributed by atoms with Gasteiger partial charge in [-0.3, -0.25) is 24.7 Å². The number of methoxy groups -OCH3 is 1. The number of piperidine rings is 1. The molecule has 0 unspecified atom stereocenters. The predicted molar refractivity (Wildman–Crippen MR) is 321 cm³/mol. The Kier molecular flexibility index (Phi) is 15.3. The maximum absolute atomic E-state index is 14.9. The van der Waals surface area contributed by atoms with Crippen LogP contribution in [-0.4, -0.2) is 145 Å². The van der Waals surface area contributed by atoms with E-state index in [1.165, 1.54) is 17.7 Å². The Bertz CT molecular complexity index is 3590.